The molecule has 0 saturated carbocycles. The Kier molecular flexibility index (Phi) is 3.71. The first-order chi connectivity index (χ1) is 6.00. The number of likely N-dealkylation sites (N-methyl/N-ethyl adjacent to an activating group) is 1. The van der Waals surface area contributed by atoms with Crippen LogP contribution in [0.25, 0.3) is 0 Å². The SMILES string of the molecule is CC(O)CN1CC(C)N(C)CC1C. The molecule has 0 aromatic rings. The third-order valence-corrected chi connectivity index (χ3v) is 2.93. The molecule has 0 aromatic heterocycles. The molecular weight excluding hydrogens is 164 g/mol. The van der Waals surface area contributed by atoms with Gasteiger partial charge in [-0.15, -0.1) is 0 Å². The number of aliphatic hydroxyl groups is 1. The second-order valence-corrected chi connectivity index (χ2v) is 4.44. The van der Waals surface area contributed by atoms with E-state index in [0.29, 0.717) is 12.1 Å². The zero-order valence-electron chi connectivity index (χ0n) is 9.20. The largest absolute Gasteiger partial charge is 0.392 e. The summed E-state index contributed by atoms with van der Waals surface area (Å²) in [6.45, 7) is 9.30. The molecule has 1 saturated heterocycles. The van der Waals surface area contributed by atoms with Crippen LogP contribution < -0.4 is 0 Å². The molecule has 0 spiro atoms. The van der Waals surface area contributed by atoms with Crippen molar-refractivity contribution in [3.8, 4) is 0 Å². The van der Waals surface area contributed by atoms with E-state index in [2.05, 4.69) is 30.7 Å². The van der Waals surface area contributed by atoms with Gasteiger partial charge in [-0.1, -0.05) is 0 Å². The number of nitrogens with zero attached hydrogens (tertiary/aromatic N) is 2. The molecule has 1 fully saturated rings. The summed E-state index contributed by atoms with van der Waals surface area (Å²) in [5.74, 6) is 0. The first-order valence-electron chi connectivity index (χ1n) is 5.13. The molecular formula is C10H22N2O. The maximum atomic E-state index is 9.32. The quantitative estimate of drug-likeness (QED) is 0.676. The lowest BCUT2D eigenvalue weighted by Gasteiger charge is -2.42. The summed E-state index contributed by atoms with van der Waals surface area (Å²) in [5.41, 5.74) is 0. The zero-order valence-corrected chi connectivity index (χ0v) is 9.20. The van der Waals surface area contributed by atoms with Gasteiger partial charge in [-0.25, -0.2) is 0 Å². The molecule has 1 heterocycles. The van der Waals surface area contributed by atoms with E-state index >= 15 is 0 Å². The van der Waals surface area contributed by atoms with E-state index in [1.165, 1.54) is 0 Å². The third-order valence-electron chi connectivity index (χ3n) is 2.93. The van der Waals surface area contributed by atoms with Gasteiger partial charge in [0, 0.05) is 31.7 Å². The molecule has 0 aromatic carbocycles. The summed E-state index contributed by atoms with van der Waals surface area (Å²) in [6, 6.07) is 1.17. The first kappa shape index (κ1) is 11.0. The Hall–Kier alpha value is -0.120. The van der Waals surface area contributed by atoms with E-state index in [9.17, 15) is 5.11 Å². The van der Waals surface area contributed by atoms with Crippen LogP contribution in [0.1, 0.15) is 20.8 Å². The van der Waals surface area contributed by atoms with Gasteiger partial charge in [0.25, 0.3) is 0 Å². The van der Waals surface area contributed by atoms with Gasteiger partial charge in [-0.2, -0.15) is 0 Å². The molecule has 0 amide bonds. The van der Waals surface area contributed by atoms with E-state index in [-0.39, 0.29) is 6.10 Å². The van der Waals surface area contributed by atoms with Crippen LogP contribution in [0.4, 0.5) is 0 Å². The molecule has 0 bridgehead atoms. The zero-order chi connectivity index (χ0) is 10.0. The minimum Gasteiger partial charge on any atom is -0.392 e. The minimum atomic E-state index is -0.210. The summed E-state index contributed by atoms with van der Waals surface area (Å²) < 4.78 is 0. The van der Waals surface area contributed by atoms with Crippen LogP contribution in [0.5, 0.6) is 0 Å². The Morgan fingerprint density at radius 3 is 2.46 bits per heavy atom. The highest BCUT2D eigenvalue weighted by molar-refractivity contribution is 4.83. The van der Waals surface area contributed by atoms with Crippen LogP contribution in [0.15, 0.2) is 0 Å². The molecule has 1 rings (SSSR count). The molecule has 0 radical (unpaired) electrons. The smallest absolute Gasteiger partial charge is 0.0639 e. The Labute approximate surface area is 81.3 Å². The first-order valence-corrected chi connectivity index (χ1v) is 5.13. The van der Waals surface area contributed by atoms with Crippen LogP contribution in [0.3, 0.4) is 0 Å². The number of rotatable bonds is 2. The fourth-order valence-electron chi connectivity index (χ4n) is 1.96. The summed E-state index contributed by atoms with van der Waals surface area (Å²) in [6.07, 6.45) is -0.210. The van der Waals surface area contributed by atoms with Gasteiger partial charge in [0.15, 0.2) is 0 Å². The Bertz CT molecular complexity index is 161. The topological polar surface area (TPSA) is 26.7 Å². The molecule has 1 aliphatic heterocycles. The summed E-state index contributed by atoms with van der Waals surface area (Å²) in [7, 11) is 2.17. The fourth-order valence-corrected chi connectivity index (χ4v) is 1.96. The third kappa shape index (κ3) is 2.93. The molecule has 78 valence electrons. The number of hydrogen-bond donors (Lipinski definition) is 1. The number of hydrogen-bond acceptors (Lipinski definition) is 3. The van der Waals surface area contributed by atoms with Crippen molar-refractivity contribution in [3.05, 3.63) is 0 Å². The van der Waals surface area contributed by atoms with Crippen LogP contribution in [-0.2, 0) is 0 Å². The van der Waals surface area contributed by atoms with E-state index < -0.39 is 0 Å². The van der Waals surface area contributed by atoms with Crippen molar-refractivity contribution in [1.29, 1.82) is 0 Å². The van der Waals surface area contributed by atoms with Crippen molar-refractivity contribution in [2.75, 3.05) is 26.7 Å². The van der Waals surface area contributed by atoms with E-state index in [1.807, 2.05) is 6.92 Å². The van der Waals surface area contributed by atoms with Gasteiger partial charge >= 0.3 is 0 Å². The lowest BCUT2D eigenvalue weighted by atomic mass is 10.1. The molecule has 3 nitrogen and oxygen atoms in total. The van der Waals surface area contributed by atoms with Gasteiger partial charge in [-0.05, 0) is 27.8 Å². The van der Waals surface area contributed by atoms with Crippen molar-refractivity contribution in [1.82, 2.24) is 9.80 Å². The van der Waals surface area contributed by atoms with Crippen LogP contribution in [0.2, 0.25) is 0 Å². The molecule has 3 unspecified atom stereocenters. The van der Waals surface area contributed by atoms with Crippen LogP contribution in [-0.4, -0.2) is 59.8 Å². The van der Waals surface area contributed by atoms with Gasteiger partial charge in [0.1, 0.15) is 0 Å². The van der Waals surface area contributed by atoms with E-state index in [4.69, 9.17) is 0 Å². The van der Waals surface area contributed by atoms with Gasteiger partial charge < -0.3 is 10.0 Å². The highest BCUT2D eigenvalue weighted by atomic mass is 16.3. The fraction of sp³-hybridized carbons (Fsp3) is 1.00. The standard InChI is InChI=1S/C10H22N2O/c1-8-6-12(7-10(3)13)9(2)5-11(8)4/h8-10,13H,5-7H2,1-4H3. The number of aliphatic hydroxyl groups excluding tert-OH is 1. The lowest BCUT2D eigenvalue weighted by molar-refractivity contribution is 0.0282. The molecule has 1 N–H and O–H groups in total. The number of piperazine rings is 1. The summed E-state index contributed by atoms with van der Waals surface area (Å²) in [5, 5.41) is 9.32. The average Bonchev–Trinajstić information content (AvgIpc) is 1.99. The monoisotopic (exact) mass is 186 g/mol. The van der Waals surface area contributed by atoms with E-state index in [1.54, 1.807) is 0 Å². The average molecular weight is 186 g/mol. The van der Waals surface area contributed by atoms with Crippen molar-refractivity contribution in [2.45, 2.75) is 39.0 Å². The highest BCUT2D eigenvalue weighted by Gasteiger charge is 2.26. The Morgan fingerprint density at radius 1 is 1.31 bits per heavy atom. The molecule has 1 aliphatic rings. The van der Waals surface area contributed by atoms with Crippen molar-refractivity contribution in [2.24, 2.45) is 0 Å². The lowest BCUT2D eigenvalue weighted by Crippen LogP contribution is -2.56. The van der Waals surface area contributed by atoms with Crippen molar-refractivity contribution in [3.63, 3.8) is 0 Å². The predicted octanol–water partition coefficient (Wildman–Crippen LogP) is 0.392. The molecule has 13 heavy (non-hydrogen) atoms. The predicted molar refractivity (Wildman–Crippen MR) is 54.8 cm³/mol. The van der Waals surface area contributed by atoms with Crippen molar-refractivity contribution >= 4 is 0 Å². The highest BCUT2D eigenvalue weighted by Crippen LogP contribution is 2.13. The summed E-state index contributed by atoms with van der Waals surface area (Å²) >= 11 is 0. The second kappa shape index (κ2) is 4.40. The minimum absolute atomic E-state index is 0.210. The van der Waals surface area contributed by atoms with Crippen molar-refractivity contribution < 1.29 is 5.11 Å². The number of β-amino-alcohol motifs (C(OH)–C–C–N with tert-alkyl or cyclic N) is 1. The van der Waals surface area contributed by atoms with Crippen LogP contribution >= 0.6 is 0 Å². The van der Waals surface area contributed by atoms with Crippen LogP contribution in [0, 0.1) is 0 Å². The van der Waals surface area contributed by atoms with Gasteiger partial charge in [-0.3, -0.25) is 4.90 Å². The second-order valence-electron chi connectivity index (χ2n) is 4.44. The normalized spacial score (nSPS) is 34.8. The van der Waals surface area contributed by atoms with Gasteiger partial charge in [0.2, 0.25) is 0 Å². The Morgan fingerprint density at radius 2 is 1.92 bits per heavy atom. The summed E-state index contributed by atoms with van der Waals surface area (Å²) in [4.78, 5) is 4.75. The molecule has 0 aliphatic carbocycles. The maximum absolute atomic E-state index is 9.32. The molecule has 3 heteroatoms. The van der Waals surface area contributed by atoms with E-state index in [0.717, 1.165) is 19.6 Å². The molecule has 3 atom stereocenters. The maximum Gasteiger partial charge on any atom is 0.0639 e. The van der Waals surface area contributed by atoms with Gasteiger partial charge in [0.05, 0.1) is 6.10 Å². The Balaban J connectivity index is 2.46.